The normalized spacial score (nSPS) is 10.9. The van der Waals surface area contributed by atoms with Gasteiger partial charge < -0.3 is 0 Å². The number of sulfonamides is 1. The van der Waals surface area contributed by atoms with Crippen molar-refractivity contribution in [1.82, 2.24) is 15.6 Å². The summed E-state index contributed by atoms with van der Waals surface area (Å²) in [6.45, 7) is -0.0973. The van der Waals surface area contributed by atoms with Crippen molar-refractivity contribution in [2.45, 2.75) is 11.3 Å². The molecular formula is C16H16ClN3O4S. The third kappa shape index (κ3) is 5.86. The minimum Gasteiger partial charge on any atom is -0.273 e. The standard InChI is InChI=1S/C16H16ClN3O4S/c17-13-8-6-12(7-9-13)16(22)20-19-15(21)10-11-18-25(23,24)14-4-2-1-3-5-14/h1-9,18H,10-11H2,(H,19,21)(H,20,22). The highest BCUT2D eigenvalue weighted by Crippen LogP contribution is 2.09. The van der Waals surface area contributed by atoms with Crippen molar-refractivity contribution in [3.8, 4) is 0 Å². The number of hydrazine groups is 1. The van der Waals surface area contributed by atoms with Gasteiger partial charge >= 0.3 is 0 Å². The lowest BCUT2D eigenvalue weighted by atomic mass is 10.2. The number of rotatable bonds is 6. The van der Waals surface area contributed by atoms with Gasteiger partial charge in [-0.05, 0) is 36.4 Å². The van der Waals surface area contributed by atoms with Gasteiger partial charge in [-0.2, -0.15) is 0 Å². The summed E-state index contributed by atoms with van der Waals surface area (Å²) in [5, 5.41) is 0.492. The summed E-state index contributed by atoms with van der Waals surface area (Å²) in [6.07, 6.45) is -0.132. The monoisotopic (exact) mass is 381 g/mol. The molecule has 3 N–H and O–H groups in total. The van der Waals surface area contributed by atoms with Crippen LogP contribution in [0.3, 0.4) is 0 Å². The fourth-order valence-electron chi connectivity index (χ4n) is 1.84. The van der Waals surface area contributed by atoms with Crippen LogP contribution < -0.4 is 15.6 Å². The summed E-state index contributed by atoms with van der Waals surface area (Å²) in [5.74, 6) is -1.03. The second kappa shape index (κ2) is 8.61. The van der Waals surface area contributed by atoms with Crippen molar-refractivity contribution in [2.24, 2.45) is 0 Å². The predicted octanol–water partition coefficient (Wildman–Crippen LogP) is 1.47. The number of benzene rings is 2. The minimum absolute atomic E-state index is 0.0973. The molecule has 0 saturated carbocycles. The molecule has 0 aliphatic heterocycles. The molecule has 2 aromatic carbocycles. The molecule has 9 heteroatoms. The fraction of sp³-hybridized carbons (Fsp3) is 0.125. The van der Waals surface area contributed by atoms with Gasteiger partial charge in [-0.3, -0.25) is 20.4 Å². The summed E-state index contributed by atoms with van der Waals surface area (Å²) >= 11 is 5.72. The quantitative estimate of drug-likeness (QED) is 0.659. The van der Waals surface area contributed by atoms with E-state index in [2.05, 4.69) is 15.6 Å². The molecule has 0 radical (unpaired) electrons. The highest BCUT2D eigenvalue weighted by molar-refractivity contribution is 7.89. The first kappa shape index (κ1) is 18.9. The third-order valence-corrected chi connectivity index (χ3v) is 4.85. The lowest BCUT2D eigenvalue weighted by Gasteiger charge is -2.09. The van der Waals surface area contributed by atoms with Crippen molar-refractivity contribution in [3.05, 3.63) is 65.2 Å². The van der Waals surface area contributed by atoms with Crippen molar-refractivity contribution in [2.75, 3.05) is 6.54 Å². The van der Waals surface area contributed by atoms with Crippen LogP contribution >= 0.6 is 11.6 Å². The molecular weight excluding hydrogens is 366 g/mol. The van der Waals surface area contributed by atoms with Gasteiger partial charge in [-0.25, -0.2) is 13.1 Å². The average molecular weight is 382 g/mol. The molecule has 0 aliphatic carbocycles. The Hall–Kier alpha value is -2.42. The van der Waals surface area contributed by atoms with E-state index in [0.717, 1.165) is 0 Å². The molecule has 0 aromatic heterocycles. The van der Waals surface area contributed by atoms with E-state index in [-0.39, 0.29) is 17.9 Å². The lowest BCUT2D eigenvalue weighted by molar-refractivity contribution is -0.121. The Bertz CT molecular complexity index is 839. The molecule has 0 unspecified atom stereocenters. The molecule has 25 heavy (non-hydrogen) atoms. The van der Waals surface area contributed by atoms with E-state index in [9.17, 15) is 18.0 Å². The van der Waals surface area contributed by atoms with Gasteiger partial charge in [0.25, 0.3) is 5.91 Å². The molecule has 2 amide bonds. The summed E-state index contributed by atoms with van der Waals surface area (Å²) in [7, 11) is -3.66. The summed E-state index contributed by atoms with van der Waals surface area (Å²) in [4.78, 5) is 23.6. The fourth-order valence-corrected chi connectivity index (χ4v) is 3.02. The Labute approximate surface area is 150 Å². The van der Waals surface area contributed by atoms with Crippen LogP contribution in [0.25, 0.3) is 0 Å². The number of hydrogen-bond donors (Lipinski definition) is 3. The predicted molar refractivity (Wildman–Crippen MR) is 93.3 cm³/mol. The van der Waals surface area contributed by atoms with Gasteiger partial charge in [0.2, 0.25) is 15.9 Å². The van der Waals surface area contributed by atoms with E-state index in [0.29, 0.717) is 10.6 Å². The number of hydrogen-bond acceptors (Lipinski definition) is 4. The summed E-state index contributed by atoms with van der Waals surface area (Å²) in [6, 6.07) is 13.9. The van der Waals surface area contributed by atoms with Crippen molar-refractivity contribution in [3.63, 3.8) is 0 Å². The van der Waals surface area contributed by atoms with E-state index < -0.39 is 21.8 Å². The second-order valence-electron chi connectivity index (χ2n) is 4.97. The Balaban J connectivity index is 1.75. The van der Waals surface area contributed by atoms with Crippen LogP contribution in [-0.2, 0) is 14.8 Å². The zero-order valence-electron chi connectivity index (χ0n) is 13.0. The van der Waals surface area contributed by atoms with Gasteiger partial charge in [0.1, 0.15) is 0 Å². The van der Waals surface area contributed by atoms with Gasteiger partial charge in [-0.15, -0.1) is 0 Å². The first-order chi connectivity index (χ1) is 11.9. The first-order valence-corrected chi connectivity index (χ1v) is 9.14. The maximum absolute atomic E-state index is 12.0. The molecule has 0 spiro atoms. The molecule has 132 valence electrons. The molecule has 0 bridgehead atoms. The van der Waals surface area contributed by atoms with E-state index in [1.54, 1.807) is 30.3 Å². The zero-order valence-corrected chi connectivity index (χ0v) is 14.6. The van der Waals surface area contributed by atoms with Crippen LogP contribution in [-0.4, -0.2) is 26.8 Å². The van der Waals surface area contributed by atoms with E-state index in [4.69, 9.17) is 11.6 Å². The highest BCUT2D eigenvalue weighted by atomic mass is 35.5. The van der Waals surface area contributed by atoms with Crippen LogP contribution in [0, 0.1) is 0 Å². The molecule has 2 rings (SSSR count). The van der Waals surface area contributed by atoms with Crippen LogP contribution in [0.4, 0.5) is 0 Å². The Morgan fingerprint density at radius 3 is 2.20 bits per heavy atom. The van der Waals surface area contributed by atoms with Gasteiger partial charge in [0.15, 0.2) is 0 Å². The molecule has 0 saturated heterocycles. The number of carbonyl (C=O) groups excluding carboxylic acids is 2. The summed E-state index contributed by atoms with van der Waals surface area (Å²) in [5.41, 5.74) is 4.78. The van der Waals surface area contributed by atoms with Crippen LogP contribution in [0.2, 0.25) is 5.02 Å². The Morgan fingerprint density at radius 1 is 0.920 bits per heavy atom. The van der Waals surface area contributed by atoms with Crippen LogP contribution in [0.15, 0.2) is 59.5 Å². The molecule has 0 atom stereocenters. The van der Waals surface area contributed by atoms with Crippen molar-refractivity contribution >= 4 is 33.4 Å². The minimum atomic E-state index is -3.66. The molecule has 0 fully saturated rings. The van der Waals surface area contributed by atoms with Crippen molar-refractivity contribution < 1.29 is 18.0 Å². The number of carbonyl (C=O) groups is 2. The zero-order chi connectivity index (χ0) is 18.3. The van der Waals surface area contributed by atoms with Crippen molar-refractivity contribution in [1.29, 1.82) is 0 Å². The van der Waals surface area contributed by atoms with Gasteiger partial charge in [0, 0.05) is 23.6 Å². The topological polar surface area (TPSA) is 104 Å². The summed E-state index contributed by atoms with van der Waals surface area (Å²) < 4.78 is 26.3. The third-order valence-electron chi connectivity index (χ3n) is 3.12. The molecule has 0 heterocycles. The van der Waals surface area contributed by atoms with Crippen LogP contribution in [0.5, 0.6) is 0 Å². The van der Waals surface area contributed by atoms with E-state index in [1.807, 2.05) is 0 Å². The van der Waals surface area contributed by atoms with Gasteiger partial charge in [0.05, 0.1) is 4.90 Å². The lowest BCUT2D eigenvalue weighted by Crippen LogP contribution is -2.42. The highest BCUT2D eigenvalue weighted by Gasteiger charge is 2.13. The molecule has 7 nitrogen and oxygen atoms in total. The van der Waals surface area contributed by atoms with Gasteiger partial charge in [-0.1, -0.05) is 29.8 Å². The maximum atomic E-state index is 12.0. The number of nitrogens with one attached hydrogen (secondary N) is 3. The average Bonchev–Trinajstić information content (AvgIpc) is 2.61. The molecule has 0 aliphatic rings. The number of halogens is 1. The van der Waals surface area contributed by atoms with E-state index in [1.165, 1.54) is 24.3 Å². The van der Waals surface area contributed by atoms with E-state index >= 15 is 0 Å². The first-order valence-electron chi connectivity index (χ1n) is 7.28. The smallest absolute Gasteiger partial charge is 0.269 e. The second-order valence-corrected chi connectivity index (χ2v) is 7.17. The maximum Gasteiger partial charge on any atom is 0.269 e. The SMILES string of the molecule is O=C(CCNS(=O)(=O)c1ccccc1)NNC(=O)c1ccc(Cl)cc1. The molecule has 2 aromatic rings. The van der Waals surface area contributed by atoms with Crippen LogP contribution in [0.1, 0.15) is 16.8 Å². The number of amides is 2. The largest absolute Gasteiger partial charge is 0.273 e. The Morgan fingerprint density at radius 2 is 1.56 bits per heavy atom. The Kier molecular flexibility index (Phi) is 6.51.